The van der Waals surface area contributed by atoms with Crippen LogP contribution >= 0.6 is 23.5 Å². The van der Waals surface area contributed by atoms with Crippen LogP contribution in [0.3, 0.4) is 0 Å². The summed E-state index contributed by atoms with van der Waals surface area (Å²) >= 11 is 7.30. The van der Waals surface area contributed by atoms with Gasteiger partial charge in [0.15, 0.2) is 0 Å². The number of benzene rings is 1. The average molecular weight is 320 g/mol. The highest BCUT2D eigenvalue weighted by Gasteiger charge is 2.19. The first-order valence-electron chi connectivity index (χ1n) is 6.85. The molecule has 0 bridgehead atoms. The predicted octanol–water partition coefficient (Wildman–Crippen LogP) is 5.08. The first kappa shape index (κ1) is 15.9. The van der Waals surface area contributed by atoms with Gasteiger partial charge < -0.3 is 0 Å². The van der Waals surface area contributed by atoms with E-state index in [-0.39, 0.29) is 6.04 Å². The van der Waals surface area contributed by atoms with Gasteiger partial charge in [-0.1, -0.05) is 60.2 Å². The fourth-order valence-electron chi connectivity index (χ4n) is 2.31. The van der Waals surface area contributed by atoms with Crippen LogP contribution in [0.2, 0.25) is 0 Å². The molecule has 0 radical (unpaired) electrons. The van der Waals surface area contributed by atoms with E-state index in [0.717, 1.165) is 18.4 Å². The Hall–Kier alpha value is -1.45. The molecule has 1 unspecified atom stereocenters. The Kier molecular flexibility index (Phi) is 5.71. The summed E-state index contributed by atoms with van der Waals surface area (Å²) in [6.07, 6.45) is 11.8. The van der Waals surface area contributed by atoms with Crippen LogP contribution in [-0.4, -0.2) is 10.7 Å². The van der Waals surface area contributed by atoms with Crippen molar-refractivity contribution in [1.82, 2.24) is 4.31 Å². The van der Waals surface area contributed by atoms with Gasteiger partial charge in [-0.25, -0.2) is 0 Å². The summed E-state index contributed by atoms with van der Waals surface area (Å²) < 4.78 is 2.24. The number of allylic oxidation sites excluding steroid dienone is 4. The second-order valence-electron chi connectivity index (χ2n) is 4.73. The van der Waals surface area contributed by atoms with Crippen LogP contribution in [-0.2, 0) is 11.2 Å². The first-order chi connectivity index (χ1) is 10.2. The third-order valence-electron chi connectivity index (χ3n) is 3.45. The first-order valence-corrected chi connectivity index (χ1v) is 8.01. The maximum absolute atomic E-state index is 11.4. The van der Waals surface area contributed by atoms with E-state index in [1.165, 1.54) is 23.1 Å². The molecule has 21 heavy (non-hydrogen) atoms. The zero-order valence-electron chi connectivity index (χ0n) is 12.1. The molecule has 1 atom stereocenters. The van der Waals surface area contributed by atoms with Gasteiger partial charge in [0, 0.05) is 11.9 Å². The number of amides is 1. The molecule has 0 N–H and O–H groups in total. The monoisotopic (exact) mass is 319 g/mol. The third kappa shape index (κ3) is 3.80. The highest BCUT2D eigenvalue weighted by molar-refractivity contribution is 8.02. The molecule has 0 aliphatic heterocycles. The van der Waals surface area contributed by atoms with Crippen LogP contribution in [0.1, 0.15) is 36.6 Å². The number of nitrogens with zero attached hydrogens (tertiary/aromatic N) is 1. The molecule has 1 aromatic rings. The molecule has 0 fully saturated rings. The van der Waals surface area contributed by atoms with E-state index in [1.54, 1.807) is 10.4 Å². The molecular formula is C17H18ClNOS. The van der Waals surface area contributed by atoms with Crippen LogP contribution in [0.5, 0.6) is 0 Å². The van der Waals surface area contributed by atoms with Gasteiger partial charge in [-0.3, -0.25) is 9.10 Å². The van der Waals surface area contributed by atoms with E-state index in [4.69, 9.17) is 11.6 Å². The van der Waals surface area contributed by atoms with Gasteiger partial charge >= 0.3 is 0 Å². The van der Waals surface area contributed by atoms with Gasteiger partial charge in [0.2, 0.25) is 6.41 Å². The molecular weight excluding hydrogens is 302 g/mol. The molecule has 2 nitrogen and oxygen atoms in total. The fourth-order valence-corrected chi connectivity index (χ4v) is 3.17. The molecule has 1 aromatic carbocycles. The summed E-state index contributed by atoms with van der Waals surface area (Å²) in [6.45, 7) is 3.88. The Morgan fingerprint density at radius 1 is 1.43 bits per heavy atom. The minimum Gasteiger partial charge on any atom is -0.278 e. The van der Waals surface area contributed by atoms with Gasteiger partial charge in [-0.15, -0.1) is 0 Å². The van der Waals surface area contributed by atoms with Crippen LogP contribution in [0, 0.1) is 0 Å². The van der Waals surface area contributed by atoms with E-state index in [1.807, 2.05) is 26.0 Å². The maximum Gasteiger partial charge on any atom is 0.220 e. The zero-order chi connectivity index (χ0) is 15.2. The van der Waals surface area contributed by atoms with Crippen LogP contribution in [0.4, 0.5) is 0 Å². The normalized spacial score (nSPS) is 15.3. The highest BCUT2D eigenvalue weighted by Crippen LogP contribution is 2.34. The lowest BCUT2D eigenvalue weighted by atomic mass is 9.94. The lowest BCUT2D eigenvalue weighted by Crippen LogP contribution is -2.19. The molecule has 0 aromatic heterocycles. The number of rotatable bonds is 5. The van der Waals surface area contributed by atoms with Crippen molar-refractivity contribution < 1.29 is 4.79 Å². The summed E-state index contributed by atoms with van der Waals surface area (Å²) in [5.41, 5.74) is 3.63. The molecule has 1 aliphatic rings. The minimum atomic E-state index is -0.0453. The highest BCUT2D eigenvalue weighted by atomic mass is 35.5. The Balaban J connectivity index is 2.35. The van der Waals surface area contributed by atoms with Crippen LogP contribution < -0.4 is 0 Å². The van der Waals surface area contributed by atoms with E-state index in [2.05, 4.69) is 30.4 Å². The second kappa shape index (κ2) is 7.53. The molecule has 0 saturated carbocycles. The average Bonchev–Trinajstić information content (AvgIpc) is 2.76. The zero-order valence-corrected chi connectivity index (χ0v) is 13.7. The Morgan fingerprint density at radius 2 is 2.24 bits per heavy atom. The second-order valence-corrected chi connectivity index (χ2v) is 6.41. The number of hydrogen-bond acceptors (Lipinski definition) is 2. The topological polar surface area (TPSA) is 20.3 Å². The van der Waals surface area contributed by atoms with E-state index in [9.17, 15) is 4.79 Å². The molecule has 1 aliphatic carbocycles. The predicted molar refractivity (Wildman–Crippen MR) is 91.8 cm³/mol. The molecule has 0 spiro atoms. The number of carbonyl (C=O) groups is 1. The minimum absolute atomic E-state index is 0.0453. The molecule has 0 heterocycles. The van der Waals surface area contributed by atoms with Crippen molar-refractivity contribution in [2.45, 2.75) is 26.3 Å². The van der Waals surface area contributed by atoms with Gasteiger partial charge in [-0.05, 0) is 37.0 Å². The van der Waals surface area contributed by atoms with Crippen molar-refractivity contribution in [2.75, 3.05) is 0 Å². The number of carbonyl (C=O) groups excluding carboxylic acids is 1. The summed E-state index contributed by atoms with van der Waals surface area (Å²) in [5, 5.41) is 0. The molecule has 110 valence electrons. The van der Waals surface area contributed by atoms with E-state index in [0.29, 0.717) is 4.36 Å². The van der Waals surface area contributed by atoms with Crippen LogP contribution in [0.15, 0.2) is 46.9 Å². The van der Waals surface area contributed by atoms with Crippen molar-refractivity contribution in [3.8, 4) is 0 Å². The number of halogens is 1. The lowest BCUT2D eigenvalue weighted by molar-refractivity contribution is -0.114. The largest absolute Gasteiger partial charge is 0.278 e. The van der Waals surface area contributed by atoms with E-state index >= 15 is 0 Å². The quantitative estimate of drug-likeness (QED) is 0.557. The summed E-state index contributed by atoms with van der Waals surface area (Å²) in [6, 6.07) is 6.17. The molecule has 2 rings (SSSR count). The summed E-state index contributed by atoms with van der Waals surface area (Å²) in [7, 11) is 0. The summed E-state index contributed by atoms with van der Waals surface area (Å²) in [5.74, 6) is 0. The van der Waals surface area contributed by atoms with Gasteiger partial charge in [0.1, 0.15) is 0 Å². The Morgan fingerprint density at radius 3 is 2.95 bits per heavy atom. The third-order valence-corrected chi connectivity index (χ3v) is 4.90. The molecule has 4 heteroatoms. The van der Waals surface area contributed by atoms with Crippen molar-refractivity contribution >= 4 is 36.0 Å². The fraction of sp³-hybridized carbons (Fsp3) is 0.235. The number of fused-ring (bicyclic) bond motifs is 1. The van der Waals surface area contributed by atoms with Gasteiger partial charge in [0.05, 0.1) is 10.4 Å². The Labute approximate surface area is 135 Å². The number of hydrogen-bond donors (Lipinski definition) is 0. The van der Waals surface area contributed by atoms with Crippen molar-refractivity contribution in [3.05, 3.63) is 63.6 Å². The van der Waals surface area contributed by atoms with Crippen LogP contribution in [0.25, 0.3) is 6.08 Å². The maximum atomic E-state index is 11.4. The lowest BCUT2D eigenvalue weighted by Gasteiger charge is -2.26. The molecule has 1 amide bonds. The van der Waals surface area contributed by atoms with Crippen molar-refractivity contribution in [3.63, 3.8) is 0 Å². The summed E-state index contributed by atoms with van der Waals surface area (Å²) in [4.78, 5) is 11.4. The van der Waals surface area contributed by atoms with Crippen molar-refractivity contribution in [2.24, 2.45) is 0 Å². The smallest absolute Gasteiger partial charge is 0.220 e. The molecule has 0 saturated heterocycles. The van der Waals surface area contributed by atoms with E-state index < -0.39 is 0 Å². The van der Waals surface area contributed by atoms with Gasteiger partial charge in [0.25, 0.3) is 0 Å². The SMILES string of the molecule is C/C=C(/Cl)SN(C=O)C(C)c1cccc2c1CC=CC=C2. The van der Waals surface area contributed by atoms with Crippen molar-refractivity contribution in [1.29, 1.82) is 0 Å². The Bertz CT molecular complexity index is 607. The van der Waals surface area contributed by atoms with Gasteiger partial charge in [-0.2, -0.15) is 0 Å². The standard InChI is InChI=1S/C17H18ClNOS/c1-3-17(18)21-19(12-20)13(2)15-11-7-9-14-8-5-4-6-10-16(14)15/h3-9,11-13H,10H2,1-2H3/b17-3-.